The van der Waals surface area contributed by atoms with Gasteiger partial charge in [0.1, 0.15) is 6.54 Å². The molecule has 1 atom stereocenters. The number of quaternary nitrogens is 1. The minimum absolute atomic E-state index is 0.0623. The lowest BCUT2D eigenvalue weighted by Gasteiger charge is -2.26. The summed E-state index contributed by atoms with van der Waals surface area (Å²) in [5.41, 5.74) is 2.28. The van der Waals surface area contributed by atoms with Crippen LogP contribution in [0, 0.1) is 4.77 Å². The molecule has 1 aromatic heterocycles. The summed E-state index contributed by atoms with van der Waals surface area (Å²) in [6.07, 6.45) is -3.73. The van der Waals surface area contributed by atoms with Crippen molar-refractivity contribution in [2.75, 3.05) is 19.8 Å². The Morgan fingerprint density at radius 1 is 1.14 bits per heavy atom. The van der Waals surface area contributed by atoms with Crippen LogP contribution < -0.4 is 14.4 Å². The molecule has 0 radical (unpaired) electrons. The first-order valence-electron chi connectivity index (χ1n) is 9.20. The number of nitrogens with one attached hydrogen (secondary N) is 1. The third-order valence-electron chi connectivity index (χ3n) is 4.72. The van der Waals surface area contributed by atoms with Gasteiger partial charge in [-0.25, -0.2) is 0 Å². The summed E-state index contributed by atoms with van der Waals surface area (Å²) in [6, 6.07) is 3.98. The number of fused-ring (bicyclic) bond motifs is 1. The highest BCUT2D eigenvalue weighted by Crippen LogP contribution is 2.32. The minimum Gasteiger partial charge on any atom is -0.490 e. The van der Waals surface area contributed by atoms with E-state index in [9.17, 15) is 13.2 Å². The molecule has 6 nitrogen and oxygen atoms in total. The predicted octanol–water partition coefficient (Wildman–Crippen LogP) is 2.37. The Balaban J connectivity index is 1.82. The predicted molar refractivity (Wildman–Crippen MR) is 99.1 cm³/mol. The van der Waals surface area contributed by atoms with Crippen molar-refractivity contribution < 1.29 is 27.5 Å². The fourth-order valence-corrected chi connectivity index (χ4v) is 3.62. The Hall–Kier alpha value is -2.07. The number of aromatic nitrogens is 3. The van der Waals surface area contributed by atoms with Gasteiger partial charge in [0, 0.05) is 19.0 Å². The van der Waals surface area contributed by atoms with Crippen molar-refractivity contribution in [1.29, 1.82) is 0 Å². The molecule has 0 saturated carbocycles. The van der Waals surface area contributed by atoms with Gasteiger partial charge in [0.2, 0.25) is 10.6 Å². The van der Waals surface area contributed by atoms with E-state index in [1.807, 2.05) is 26.0 Å². The molecule has 10 heteroatoms. The lowest BCUT2D eigenvalue weighted by atomic mass is 9.99. The molecule has 154 valence electrons. The molecule has 28 heavy (non-hydrogen) atoms. The van der Waals surface area contributed by atoms with Crippen LogP contribution in [0.2, 0.25) is 0 Å². The lowest BCUT2D eigenvalue weighted by molar-refractivity contribution is -0.939. The van der Waals surface area contributed by atoms with Crippen molar-refractivity contribution >= 4 is 12.2 Å². The molecule has 0 fully saturated rings. The molecule has 0 saturated heterocycles. The topological polar surface area (TPSA) is 45.6 Å². The van der Waals surface area contributed by atoms with E-state index in [0.717, 1.165) is 33.7 Å². The third-order valence-corrected chi connectivity index (χ3v) is 5.21. The second-order valence-corrected chi connectivity index (χ2v) is 7.05. The van der Waals surface area contributed by atoms with Gasteiger partial charge in [0.25, 0.3) is 0 Å². The van der Waals surface area contributed by atoms with Crippen molar-refractivity contribution in [3.8, 4) is 11.5 Å². The van der Waals surface area contributed by atoms with Crippen molar-refractivity contribution in [2.24, 2.45) is 7.05 Å². The van der Waals surface area contributed by atoms with E-state index in [0.29, 0.717) is 25.5 Å². The zero-order valence-corrected chi connectivity index (χ0v) is 16.9. The molecule has 0 aliphatic carbocycles. The van der Waals surface area contributed by atoms with Crippen LogP contribution in [0.4, 0.5) is 13.2 Å². The summed E-state index contributed by atoms with van der Waals surface area (Å²) >= 11 is 5.14. The Morgan fingerprint density at radius 2 is 1.75 bits per heavy atom. The van der Waals surface area contributed by atoms with Crippen LogP contribution in [-0.2, 0) is 32.9 Å². The zero-order valence-electron chi connectivity index (χ0n) is 16.1. The number of halogens is 3. The van der Waals surface area contributed by atoms with Gasteiger partial charge in [-0.15, -0.1) is 5.10 Å². The van der Waals surface area contributed by atoms with E-state index < -0.39 is 12.0 Å². The Labute approximate surface area is 166 Å². The second kappa shape index (κ2) is 8.12. The quantitative estimate of drug-likeness (QED) is 0.733. The first-order chi connectivity index (χ1) is 13.2. The summed E-state index contributed by atoms with van der Waals surface area (Å²) in [5, 5.41) is 3.70. The van der Waals surface area contributed by atoms with Gasteiger partial charge in [0.05, 0.1) is 19.8 Å². The zero-order chi connectivity index (χ0) is 20.5. The van der Waals surface area contributed by atoms with E-state index in [1.165, 1.54) is 17.3 Å². The number of hydrogen-bond donors (Lipinski definition) is 1. The molecule has 2 heterocycles. The SMILES string of the molecule is CCOc1cc2c(cc1OCC)C[NH+](Cn1nc(C(F)(F)F)n(C)c1=S)CC2. The van der Waals surface area contributed by atoms with Crippen molar-refractivity contribution in [1.82, 2.24) is 14.3 Å². The van der Waals surface area contributed by atoms with Gasteiger partial charge in [-0.2, -0.15) is 17.9 Å². The van der Waals surface area contributed by atoms with Gasteiger partial charge >= 0.3 is 6.18 Å². The average Bonchev–Trinajstić information content (AvgIpc) is 2.91. The van der Waals surface area contributed by atoms with Crippen LogP contribution in [0.25, 0.3) is 0 Å². The van der Waals surface area contributed by atoms with Crippen LogP contribution in [0.3, 0.4) is 0 Å². The van der Waals surface area contributed by atoms with E-state index in [4.69, 9.17) is 21.7 Å². The summed E-state index contributed by atoms with van der Waals surface area (Å²) in [5.74, 6) is 0.445. The van der Waals surface area contributed by atoms with E-state index in [-0.39, 0.29) is 11.4 Å². The number of ether oxygens (including phenoxy) is 2. The molecular formula is C18H24F3N4O2S+. The summed E-state index contributed by atoms with van der Waals surface area (Å²) in [7, 11) is 1.29. The maximum Gasteiger partial charge on any atom is 0.451 e. The van der Waals surface area contributed by atoms with E-state index >= 15 is 0 Å². The molecule has 1 aliphatic heterocycles. The fraction of sp³-hybridized carbons (Fsp3) is 0.556. The molecule has 1 N–H and O–H groups in total. The van der Waals surface area contributed by atoms with Gasteiger partial charge in [0.15, 0.2) is 18.2 Å². The van der Waals surface area contributed by atoms with Crippen LogP contribution in [-0.4, -0.2) is 34.1 Å². The molecular weight excluding hydrogens is 393 g/mol. The molecule has 3 rings (SSSR count). The largest absolute Gasteiger partial charge is 0.490 e. The first kappa shape index (κ1) is 20.7. The highest BCUT2D eigenvalue weighted by Gasteiger charge is 2.37. The lowest BCUT2D eigenvalue weighted by Crippen LogP contribution is -3.11. The molecule has 1 unspecified atom stereocenters. The molecule has 1 aromatic carbocycles. The maximum absolute atomic E-state index is 13.1. The average molecular weight is 417 g/mol. The summed E-state index contributed by atoms with van der Waals surface area (Å²) in [6.45, 7) is 6.61. The minimum atomic E-state index is -4.53. The van der Waals surface area contributed by atoms with Gasteiger partial charge in [-0.1, -0.05) is 0 Å². The summed E-state index contributed by atoms with van der Waals surface area (Å²) in [4.78, 5) is 1.09. The number of rotatable bonds is 6. The Kier molecular flexibility index (Phi) is 5.99. The first-order valence-corrected chi connectivity index (χ1v) is 9.61. The van der Waals surface area contributed by atoms with Crippen molar-refractivity contribution in [2.45, 2.75) is 39.7 Å². The molecule has 0 spiro atoms. The number of benzene rings is 1. The van der Waals surface area contributed by atoms with Gasteiger partial charge < -0.3 is 14.4 Å². The smallest absolute Gasteiger partial charge is 0.451 e. The normalized spacial score (nSPS) is 16.7. The second-order valence-electron chi connectivity index (χ2n) is 6.68. The molecule has 2 aromatic rings. The number of hydrogen-bond acceptors (Lipinski definition) is 4. The number of alkyl halides is 3. The summed E-state index contributed by atoms with van der Waals surface area (Å²) < 4.78 is 52.8. The molecule has 0 amide bonds. The Bertz CT molecular complexity index is 907. The van der Waals surface area contributed by atoms with E-state index in [1.54, 1.807) is 0 Å². The van der Waals surface area contributed by atoms with Crippen LogP contribution in [0.1, 0.15) is 30.8 Å². The Morgan fingerprint density at radius 3 is 2.29 bits per heavy atom. The van der Waals surface area contributed by atoms with Crippen LogP contribution in [0.5, 0.6) is 11.5 Å². The van der Waals surface area contributed by atoms with Gasteiger partial charge in [-0.05, 0) is 43.8 Å². The number of nitrogens with zero attached hydrogens (tertiary/aromatic N) is 3. The highest BCUT2D eigenvalue weighted by atomic mass is 32.1. The van der Waals surface area contributed by atoms with Crippen molar-refractivity contribution in [3.05, 3.63) is 33.9 Å². The fourth-order valence-electron chi connectivity index (χ4n) is 3.43. The standard InChI is InChI=1S/C18H23F3N4O2S/c1-4-26-14-8-12-6-7-24(10-13(12)9-15(14)27-5-2)11-25-17(28)23(3)16(22-25)18(19,20)21/h8-9H,4-7,10-11H2,1-3H3/p+1. The van der Waals surface area contributed by atoms with E-state index in [2.05, 4.69) is 5.10 Å². The monoisotopic (exact) mass is 417 g/mol. The molecule has 1 aliphatic rings. The van der Waals surface area contributed by atoms with Crippen molar-refractivity contribution in [3.63, 3.8) is 0 Å². The van der Waals surface area contributed by atoms with Crippen LogP contribution in [0.15, 0.2) is 12.1 Å². The van der Waals surface area contributed by atoms with Crippen LogP contribution >= 0.6 is 12.2 Å². The maximum atomic E-state index is 13.1. The van der Waals surface area contributed by atoms with Gasteiger partial charge in [-0.3, -0.25) is 4.57 Å². The highest BCUT2D eigenvalue weighted by molar-refractivity contribution is 7.71. The molecule has 0 bridgehead atoms. The third kappa shape index (κ3) is 4.17.